The van der Waals surface area contributed by atoms with Crippen molar-refractivity contribution in [3.63, 3.8) is 0 Å². The van der Waals surface area contributed by atoms with Crippen LogP contribution in [0, 0.1) is 13.8 Å². The van der Waals surface area contributed by atoms with E-state index in [-0.39, 0.29) is 6.03 Å². The van der Waals surface area contributed by atoms with Gasteiger partial charge in [-0.05, 0) is 63.2 Å². The van der Waals surface area contributed by atoms with Gasteiger partial charge in [0.1, 0.15) is 5.75 Å². The maximum atomic E-state index is 12.6. The average Bonchev–Trinajstić information content (AvgIpc) is 3.13. The van der Waals surface area contributed by atoms with E-state index in [1.165, 1.54) is 0 Å². The second-order valence-corrected chi connectivity index (χ2v) is 7.45. The SMILES string of the molecule is CCOc1ccc(NC(=O)N2CCN(c3ccc(-n4nc(C)cc4C)nn3)CC2)cc1. The van der Waals surface area contributed by atoms with Crippen LogP contribution in [0.2, 0.25) is 0 Å². The molecule has 0 unspecified atom stereocenters. The van der Waals surface area contributed by atoms with Gasteiger partial charge in [0.2, 0.25) is 0 Å². The van der Waals surface area contributed by atoms with Gasteiger partial charge in [0, 0.05) is 37.6 Å². The highest BCUT2D eigenvalue weighted by Gasteiger charge is 2.22. The summed E-state index contributed by atoms with van der Waals surface area (Å²) in [5.74, 6) is 2.29. The van der Waals surface area contributed by atoms with Crippen molar-refractivity contribution in [1.29, 1.82) is 0 Å². The molecule has 4 rings (SSSR count). The highest BCUT2D eigenvalue weighted by Crippen LogP contribution is 2.18. The Balaban J connectivity index is 1.32. The fraction of sp³-hybridized carbons (Fsp3) is 0.364. The summed E-state index contributed by atoms with van der Waals surface area (Å²) in [6.45, 7) is 9.13. The molecule has 1 fully saturated rings. The van der Waals surface area contributed by atoms with Gasteiger partial charge in [-0.25, -0.2) is 9.48 Å². The summed E-state index contributed by atoms with van der Waals surface area (Å²) < 4.78 is 7.22. The maximum absolute atomic E-state index is 12.6. The minimum Gasteiger partial charge on any atom is -0.494 e. The first-order valence-electron chi connectivity index (χ1n) is 10.4. The molecular weight excluding hydrogens is 394 g/mol. The molecule has 0 spiro atoms. The smallest absolute Gasteiger partial charge is 0.321 e. The van der Waals surface area contributed by atoms with Crippen LogP contribution in [-0.2, 0) is 0 Å². The topological polar surface area (TPSA) is 88.4 Å². The molecule has 2 aromatic heterocycles. The maximum Gasteiger partial charge on any atom is 0.321 e. The summed E-state index contributed by atoms with van der Waals surface area (Å²) in [7, 11) is 0. The standard InChI is InChI=1S/C22H27N7O2/c1-4-31-19-7-5-18(6-8-19)23-22(30)28-13-11-27(12-14-28)20-9-10-21(25-24-20)29-17(3)15-16(2)26-29/h5-10,15H,4,11-14H2,1-3H3,(H,23,30). The highest BCUT2D eigenvalue weighted by atomic mass is 16.5. The van der Waals surface area contributed by atoms with E-state index in [2.05, 4.69) is 25.5 Å². The number of nitrogens with one attached hydrogen (secondary N) is 1. The molecule has 2 amide bonds. The second-order valence-electron chi connectivity index (χ2n) is 7.45. The van der Waals surface area contributed by atoms with Crippen molar-refractivity contribution < 1.29 is 9.53 Å². The van der Waals surface area contributed by atoms with Gasteiger partial charge in [-0.15, -0.1) is 10.2 Å². The van der Waals surface area contributed by atoms with Crippen molar-refractivity contribution in [3.8, 4) is 11.6 Å². The van der Waals surface area contributed by atoms with Crippen LogP contribution in [0.4, 0.5) is 16.3 Å². The van der Waals surface area contributed by atoms with E-state index in [9.17, 15) is 4.79 Å². The number of hydrogen-bond donors (Lipinski definition) is 1. The van der Waals surface area contributed by atoms with Crippen LogP contribution in [0.5, 0.6) is 5.75 Å². The molecule has 1 N–H and O–H groups in total. The fourth-order valence-electron chi connectivity index (χ4n) is 3.60. The minimum atomic E-state index is -0.102. The summed E-state index contributed by atoms with van der Waals surface area (Å²) in [6.07, 6.45) is 0. The molecule has 162 valence electrons. The predicted octanol–water partition coefficient (Wildman–Crippen LogP) is 3.03. The molecule has 9 nitrogen and oxygen atoms in total. The monoisotopic (exact) mass is 421 g/mol. The third kappa shape index (κ3) is 4.76. The third-order valence-electron chi connectivity index (χ3n) is 5.17. The van der Waals surface area contributed by atoms with Gasteiger partial charge in [0.25, 0.3) is 0 Å². The normalized spacial score (nSPS) is 13.9. The van der Waals surface area contributed by atoms with Crippen molar-refractivity contribution in [2.45, 2.75) is 20.8 Å². The Bertz CT molecular complexity index is 1020. The van der Waals surface area contributed by atoms with Crippen LogP contribution in [0.15, 0.2) is 42.5 Å². The van der Waals surface area contributed by atoms with Gasteiger partial charge in [-0.2, -0.15) is 5.10 Å². The van der Waals surface area contributed by atoms with E-state index in [0.717, 1.165) is 28.6 Å². The molecule has 1 saturated heterocycles. The number of carbonyl (C=O) groups is 1. The third-order valence-corrected chi connectivity index (χ3v) is 5.17. The first kappa shape index (κ1) is 20.6. The summed E-state index contributed by atoms with van der Waals surface area (Å²) in [6, 6.07) is 13.2. The van der Waals surface area contributed by atoms with Gasteiger partial charge < -0.3 is 19.9 Å². The van der Waals surface area contributed by atoms with Crippen molar-refractivity contribution in [1.82, 2.24) is 24.9 Å². The van der Waals surface area contributed by atoms with E-state index in [0.29, 0.717) is 38.6 Å². The Labute approximate surface area is 181 Å². The lowest BCUT2D eigenvalue weighted by molar-refractivity contribution is 0.208. The number of nitrogens with zero attached hydrogens (tertiary/aromatic N) is 6. The molecule has 0 aliphatic carbocycles. The van der Waals surface area contributed by atoms with Gasteiger partial charge in [-0.1, -0.05) is 0 Å². The summed E-state index contributed by atoms with van der Waals surface area (Å²) >= 11 is 0. The summed E-state index contributed by atoms with van der Waals surface area (Å²) in [5, 5.41) is 16.1. The zero-order chi connectivity index (χ0) is 21.8. The van der Waals surface area contributed by atoms with Crippen molar-refractivity contribution in [2.75, 3.05) is 43.0 Å². The zero-order valence-electron chi connectivity index (χ0n) is 18.1. The summed E-state index contributed by atoms with van der Waals surface area (Å²) in [5.41, 5.74) is 2.72. The molecule has 1 aromatic carbocycles. The number of ether oxygens (including phenoxy) is 1. The molecular formula is C22H27N7O2. The number of hydrogen-bond acceptors (Lipinski definition) is 6. The van der Waals surface area contributed by atoms with E-state index >= 15 is 0 Å². The first-order chi connectivity index (χ1) is 15.0. The molecule has 3 aromatic rings. The Hall–Kier alpha value is -3.62. The molecule has 31 heavy (non-hydrogen) atoms. The number of anilines is 2. The number of aryl methyl sites for hydroxylation is 2. The number of amides is 2. The van der Waals surface area contributed by atoms with Crippen LogP contribution in [0.25, 0.3) is 5.82 Å². The largest absolute Gasteiger partial charge is 0.494 e. The van der Waals surface area contributed by atoms with Crippen molar-refractivity contribution in [3.05, 3.63) is 53.9 Å². The van der Waals surface area contributed by atoms with Gasteiger partial charge in [0.05, 0.1) is 12.3 Å². The lowest BCUT2D eigenvalue weighted by Crippen LogP contribution is -2.50. The molecule has 0 atom stereocenters. The van der Waals surface area contributed by atoms with E-state index in [1.54, 1.807) is 4.68 Å². The number of piperazine rings is 1. The predicted molar refractivity (Wildman–Crippen MR) is 119 cm³/mol. The van der Waals surface area contributed by atoms with Crippen molar-refractivity contribution in [2.24, 2.45) is 0 Å². The Morgan fingerprint density at radius 1 is 1.00 bits per heavy atom. The van der Waals surface area contributed by atoms with E-state index in [4.69, 9.17) is 4.74 Å². The van der Waals surface area contributed by atoms with Crippen LogP contribution in [0.1, 0.15) is 18.3 Å². The van der Waals surface area contributed by atoms with Crippen LogP contribution >= 0.6 is 0 Å². The number of carbonyl (C=O) groups excluding carboxylic acids is 1. The van der Waals surface area contributed by atoms with Crippen LogP contribution in [-0.4, -0.2) is 63.7 Å². The molecule has 0 bridgehead atoms. The number of benzene rings is 1. The summed E-state index contributed by atoms with van der Waals surface area (Å²) in [4.78, 5) is 16.5. The number of urea groups is 1. The molecule has 1 aliphatic rings. The molecule has 1 aliphatic heterocycles. The molecule has 0 radical (unpaired) electrons. The zero-order valence-corrected chi connectivity index (χ0v) is 18.1. The second kappa shape index (κ2) is 9.03. The number of rotatable bonds is 5. The van der Waals surface area contributed by atoms with E-state index in [1.807, 2.05) is 68.1 Å². The van der Waals surface area contributed by atoms with Gasteiger partial charge in [0.15, 0.2) is 11.6 Å². The Morgan fingerprint density at radius 3 is 2.26 bits per heavy atom. The number of aromatic nitrogens is 4. The highest BCUT2D eigenvalue weighted by molar-refractivity contribution is 5.89. The van der Waals surface area contributed by atoms with Gasteiger partial charge >= 0.3 is 6.03 Å². The molecule has 0 saturated carbocycles. The molecule has 3 heterocycles. The van der Waals surface area contributed by atoms with Crippen LogP contribution < -0.4 is 15.0 Å². The van der Waals surface area contributed by atoms with Crippen molar-refractivity contribution >= 4 is 17.5 Å². The van der Waals surface area contributed by atoms with Gasteiger partial charge in [-0.3, -0.25) is 0 Å². The quantitative estimate of drug-likeness (QED) is 0.681. The molecule has 9 heteroatoms. The average molecular weight is 422 g/mol. The first-order valence-corrected chi connectivity index (χ1v) is 10.4. The fourth-order valence-corrected chi connectivity index (χ4v) is 3.60. The van der Waals surface area contributed by atoms with E-state index < -0.39 is 0 Å². The lowest BCUT2D eigenvalue weighted by atomic mass is 10.3. The lowest BCUT2D eigenvalue weighted by Gasteiger charge is -2.35. The minimum absolute atomic E-state index is 0.102. The Kier molecular flexibility index (Phi) is 6.01. The Morgan fingerprint density at radius 2 is 1.68 bits per heavy atom. The van der Waals surface area contributed by atoms with Crippen LogP contribution in [0.3, 0.4) is 0 Å².